The molecule has 0 amide bonds. The van der Waals surface area contributed by atoms with Crippen LogP contribution in [0, 0.1) is 0 Å². The van der Waals surface area contributed by atoms with Crippen LogP contribution in [0.4, 0.5) is 0 Å². The Morgan fingerprint density at radius 1 is 0.600 bits per heavy atom. The first-order valence-electron chi connectivity index (χ1n) is 0. The van der Waals surface area contributed by atoms with Gasteiger partial charge in [0, 0.05) is 0 Å². The zero-order chi connectivity index (χ0) is 0. The molecule has 0 aliphatic heterocycles. The van der Waals surface area contributed by atoms with E-state index in [2.05, 4.69) is 0 Å². The van der Waals surface area contributed by atoms with Gasteiger partial charge in [0.1, 0.15) is 0 Å². The Balaban J connectivity index is 0. The molecule has 0 saturated heterocycles. The van der Waals surface area contributed by atoms with E-state index in [9.17, 15) is 0 Å². The van der Waals surface area contributed by atoms with Crippen molar-refractivity contribution in [3.63, 3.8) is 0 Å². The second kappa shape index (κ2) is 23.5. The van der Waals surface area contributed by atoms with Crippen molar-refractivity contribution >= 4 is 140 Å². The van der Waals surface area contributed by atoms with Crippen LogP contribution in [0.5, 0.6) is 0 Å². The third-order valence-electron chi connectivity index (χ3n) is 0. The van der Waals surface area contributed by atoms with Crippen LogP contribution in [-0.2, 0) is 0 Å². The second-order valence-corrected chi connectivity index (χ2v) is 0. The van der Waals surface area contributed by atoms with Crippen molar-refractivity contribution in [3.05, 3.63) is 0 Å². The van der Waals surface area contributed by atoms with E-state index in [4.69, 9.17) is 0 Å². The first kappa shape index (κ1) is 33.6. The van der Waals surface area contributed by atoms with E-state index in [1.54, 1.807) is 0 Å². The summed E-state index contributed by atoms with van der Waals surface area (Å²) in [6.07, 6.45) is 0. The van der Waals surface area contributed by atoms with Crippen molar-refractivity contribution in [2.45, 2.75) is 0 Å². The standard InChI is InChI=1S/K.3Na.H2O.4H/h;;;;1H2;;;;. The predicted molar refractivity (Wildman–Crippen MR) is 32.2 cm³/mol. The summed E-state index contributed by atoms with van der Waals surface area (Å²) >= 11 is 0. The summed E-state index contributed by atoms with van der Waals surface area (Å²) in [7, 11) is 0. The molecule has 0 aliphatic rings. The Bertz CT molecular complexity index is 6.85. The first-order chi connectivity index (χ1) is 0. The van der Waals surface area contributed by atoms with E-state index in [1.807, 2.05) is 0 Å². The van der Waals surface area contributed by atoms with Gasteiger partial charge in [-0.2, -0.15) is 0 Å². The molecule has 2 N–H and O–H groups in total. The second-order valence-electron chi connectivity index (χ2n) is 0. The maximum atomic E-state index is 0. The fourth-order valence-corrected chi connectivity index (χ4v) is 0. The van der Waals surface area contributed by atoms with Gasteiger partial charge >= 0.3 is 140 Å². The minimum absolute atomic E-state index is 0. The Labute approximate surface area is 141 Å². The van der Waals surface area contributed by atoms with Crippen molar-refractivity contribution in [1.82, 2.24) is 0 Å². The van der Waals surface area contributed by atoms with Gasteiger partial charge in [-0.1, -0.05) is 0 Å². The molecule has 5 heteroatoms. The van der Waals surface area contributed by atoms with Gasteiger partial charge in [-0.25, -0.2) is 0 Å². The van der Waals surface area contributed by atoms with Gasteiger partial charge < -0.3 is 5.48 Å². The first-order valence-corrected chi connectivity index (χ1v) is 0. The summed E-state index contributed by atoms with van der Waals surface area (Å²) in [4.78, 5) is 0. The van der Waals surface area contributed by atoms with Crippen LogP contribution >= 0.6 is 0 Å². The topological polar surface area (TPSA) is 31.5 Å². The quantitative estimate of drug-likeness (QED) is 0.306. The summed E-state index contributed by atoms with van der Waals surface area (Å²) in [5, 5.41) is 0. The van der Waals surface area contributed by atoms with Crippen LogP contribution < -0.4 is 0 Å². The van der Waals surface area contributed by atoms with E-state index in [0.29, 0.717) is 0 Å². The molecule has 16 valence electrons. The molecule has 0 aromatic heterocycles. The van der Waals surface area contributed by atoms with E-state index in [0.717, 1.165) is 0 Å². The summed E-state index contributed by atoms with van der Waals surface area (Å²) in [6, 6.07) is 0. The van der Waals surface area contributed by atoms with Crippen molar-refractivity contribution in [1.29, 1.82) is 0 Å². The Hall–Kier alpha value is 4.60. The predicted octanol–water partition coefficient (Wildman–Crippen LogP) is -3.42. The van der Waals surface area contributed by atoms with Crippen molar-refractivity contribution < 1.29 is 5.48 Å². The van der Waals surface area contributed by atoms with E-state index in [1.165, 1.54) is 0 Å². The SMILES string of the molecule is O.[KH].[NaH].[NaH].[NaH]. The fourth-order valence-electron chi connectivity index (χ4n) is 0. The van der Waals surface area contributed by atoms with Crippen LogP contribution in [0.1, 0.15) is 0 Å². The number of hydrogen-bond donors (Lipinski definition) is 0. The van der Waals surface area contributed by atoms with Gasteiger partial charge in [-0.15, -0.1) is 0 Å². The molecule has 0 aliphatic carbocycles. The third-order valence-corrected chi connectivity index (χ3v) is 0. The summed E-state index contributed by atoms with van der Waals surface area (Å²) < 4.78 is 0. The molecule has 0 heterocycles. The molecular formula is H6KNa3O. The van der Waals surface area contributed by atoms with E-state index in [-0.39, 0.29) is 146 Å². The average Bonchev–Trinajstić information content (AvgIpc) is 0. The normalized spacial score (nSPS) is 0. The van der Waals surface area contributed by atoms with Gasteiger partial charge in [0.05, 0.1) is 0 Å². The van der Waals surface area contributed by atoms with E-state index < -0.39 is 0 Å². The zero-order valence-electron chi connectivity index (χ0n) is 0.500. The van der Waals surface area contributed by atoms with Gasteiger partial charge in [-0.05, 0) is 0 Å². The Morgan fingerprint density at radius 3 is 0.600 bits per heavy atom. The molecule has 0 saturated carbocycles. The molecule has 0 spiro atoms. The molecule has 1 nitrogen and oxygen atoms in total. The van der Waals surface area contributed by atoms with E-state index >= 15 is 0 Å². The molecule has 0 bridgehead atoms. The van der Waals surface area contributed by atoms with Gasteiger partial charge in [0.15, 0.2) is 0 Å². The summed E-state index contributed by atoms with van der Waals surface area (Å²) in [5.74, 6) is 0. The molecule has 0 aromatic rings. The van der Waals surface area contributed by atoms with Crippen LogP contribution in [0.2, 0.25) is 0 Å². The van der Waals surface area contributed by atoms with Gasteiger partial charge in [0.25, 0.3) is 0 Å². The van der Waals surface area contributed by atoms with Crippen LogP contribution in [0.25, 0.3) is 0 Å². The molecule has 0 fully saturated rings. The van der Waals surface area contributed by atoms with Crippen LogP contribution in [0.3, 0.4) is 0 Å². The van der Waals surface area contributed by atoms with Gasteiger partial charge in [0.2, 0.25) is 0 Å². The van der Waals surface area contributed by atoms with Crippen LogP contribution in [-0.4, -0.2) is 146 Å². The zero-order valence-corrected chi connectivity index (χ0v) is 0.500. The Morgan fingerprint density at radius 2 is 0.600 bits per heavy atom. The third kappa shape index (κ3) is 17.7. The molecule has 0 rings (SSSR count). The molecule has 5 heavy (non-hydrogen) atoms. The minimum atomic E-state index is 0. The maximum absolute atomic E-state index is 0. The molecular weight excluding hydrogens is 124 g/mol. The average molecular weight is 130 g/mol. The van der Waals surface area contributed by atoms with Crippen molar-refractivity contribution in [2.24, 2.45) is 0 Å². The molecule has 0 unspecified atom stereocenters. The fraction of sp³-hybridized carbons (Fsp3) is 0. The van der Waals surface area contributed by atoms with Crippen LogP contribution in [0.15, 0.2) is 0 Å². The summed E-state index contributed by atoms with van der Waals surface area (Å²) in [5.41, 5.74) is 0. The molecule has 0 atom stereocenters. The van der Waals surface area contributed by atoms with Crippen molar-refractivity contribution in [2.75, 3.05) is 0 Å². The van der Waals surface area contributed by atoms with Gasteiger partial charge in [-0.3, -0.25) is 0 Å². The number of rotatable bonds is 0. The number of hydrogen-bond acceptors (Lipinski definition) is 0. The molecule has 0 aromatic carbocycles. The monoisotopic (exact) mass is 130 g/mol. The molecule has 0 radical (unpaired) electrons. The summed E-state index contributed by atoms with van der Waals surface area (Å²) in [6.45, 7) is 0. The Kier molecular flexibility index (Phi) is 158. The van der Waals surface area contributed by atoms with Crippen molar-refractivity contribution in [3.8, 4) is 0 Å².